The van der Waals surface area contributed by atoms with Crippen LogP contribution in [-0.2, 0) is 0 Å². The van der Waals surface area contributed by atoms with Crippen molar-refractivity contribution in [2.45, 2.75) is 0 Å². The van der Waals surface area contributed by atoms with Crippen LogP contribution in [-0.4, -0.2) is 14.5 Å². The number of fused-ring (bicyclic) bond motifs is 6. The van der Waals surface area contributed by atoms with Crippen molar-refractivity contribution in [1.82, 2.24) is 14.5 Å². The summed E-state index contributed by atoms with van der Waals surface area (Å²) in [7, 11) is 0. The zero-order chi connectivity index (χ0) is 33.0. The molecule has 0 N–H and O–H groups in total. The maximum absolute atomic E-state index is 6.51. The summed E-state index contributed by atoms with van der Waals surface area (Å²) in [6.07, 6.45) is 1.81. The molecule has 10 aromatic rings. The maximum atomic E-state index is 6.51. The van der Waals surface area contributed by atoms with Gasteiger partial charge in [-0.15, -0.1) is 0 Å². The smallest absolute Gasteiger partial charge is 0.227 e. The summed E-state index contributed by atoms with van der Waals surface area (Å²) in [5, 5.41) is 3.47. The van der Waals surface area contributed by atoms with Crippen molar-refractivity contribution in [1.29, 1.82) is 0 Å². The molecule has 50 heavy (non-hydrogen) atoms. The number of oxazole rings is 1. The van der Waals surface area contributed by atoms with Crippen molar-refractivity contribution in [2.75, 3.05) is 0 Å². The third-order valence-corrected chi connectivity index (χ3v) is 9.66. The van der Waals surface area contributed by atoms with Crippen LogP contribution in [0.5, 0.6) is 0 Å². The highest BCUT2D eigenvalue weighted by Crippen LogP contribution is 2.40. The second kappa shape index (κ2) is 11.4. The molecule has 0 atom stereocenters. The van der Waals surface area contributed by atoms with Crippen molar-refractivity contribution >= 4 is 43.8 Å². The largest absolute Gasteiger partial charge is 0.436 e. The van der Waals surface area contributed by atoms with E-state index >= 15 is 0 Å². The Labute approximate surface area is 288 Å². The molecule has 234 valence electrons. The average Bonchev–Trinajstić information content (AvgIpc) is 3.79. The summed E-state index contributed by atoms with van der Waals surface area (Å²) in [6.45, 7) is 0. The lowest BCUT2D eigenvalue weighted by atomic mass is 9.90. The van der Waals surface area contributed by atoms with Gasteiger partial charge in [0.05, 0.1) is 16.6 Å². The molecule has 0 amide bonds. The number of nitrogens with zero attached hydrogens (tertiary/aromatic N) is 3. The van der Waals surface area contributed by atoms with Crippen molar-refractivity contribution in [3.63, 3.8) is 0 Å². The Kier molecular flexibility index (Phi) is 6.46. The van der Waals surface area contributed by atoms with Gasteiger partial charge in [0.15, 0.2) is 5.58 Å². The SMILES string of the molecule is c1ccc(-c2ccc(-c3cc(-c4nc5c(ccc6cccnc65)o4)cc(-n4c5ccccc5c5ccccc54)c3)cc2-c2ccccc2)cc1. The summed E-state index contributed by atoms with van der Waals surface area (Å²) in [5.74, 6) is 0.561. The summed E-state index contributed by atoms with van der Waals surface area (Å²) in [5.41, 5.74) is 13.4. The van der Waals surface area contributed by atoms with Gasteiger partial charge in [-0.1, -0.05) is 115 Å². The van der Waals surface area contributed by atoms with E-state index in [9.17, 15) is 0 Å². The van der Waals surface area contributed by atoms with Crippen molar-refractivity contribution in [2.24, 2.45) is 0 Å². The van der Waals surface area contributed by atoms with Crippen LogP contribution in [0.4, 0.5) is 0 Å². The molecule has 3 aromatic heterocycles. The topological polar surface area (TPSA) is 43.9 Å². The third kappa shape index (κ3) is 4.61. The minimum atomic E-state index is 0.561. The standard InChI is InChI=1S/C46H29N3O/c1-3-12-30(13-4-1)37-23-21-33(29-40(37)31-14-5-2-6-15-31)34-26-35(46-48-45-43(50-46)24-22-32-16-11-25-47-44(32)45)28-36(27-34)49-41-19-9-7-17-38(41)39-18-8-10-20-42(39)49/h1-29H. The fourth-order valence-electron chi connectivity index (χ4n) is 7.33. The van der Waals surface area contributed by atoms with Gasteiger partial charge in [0, 0.05) is 33.6 Å². The van der Waals surface area contributed by atoms with E-state index < -0.39 is 0 Å². The molecule has 10 rings (SSSR count). The Bertz CT molecular complexity index is 2810. The van der Waals surface area contributed by atoms with Crippen LogP contribution < -0.4 is 0 Å². The molecule has 3 heterocycles. The quantitative estimate of drug-likeness (QED) is 0.188. The molecule has 0 fully saturated rings. The summed E-state index contributed by atoms with van der Waals surface area (Å²) in [4.78, 5) is 9.73. The van der Waals surface area contributed by atoms with Gasteiger partial charge < -0.3 is 8.98 Å². The van der Waals surface area contributed by atoms with Crippen molar-refractivity contribution < 1.29 is 4.42 Å². The number of hydrogen-bond donors (Lipinski definition) is 0. The lowest BCUT2D eigenvalue weighted by Gasteiger charge is -2.15. The number of rotatable bonds is 5. The third-order valence-electron chi connectivity index (χ3n) is 9.66. The number of aromatic nitrogens is 3. The molecular formula is C46H29N3O. The lowest BCUT2D eigenvalue weighted by Crippen LogP contribution is -1.96. The van der Waals surface area contributed by atoms with Crippen LogP contribution in [0.15, 0.2) is 180 Å². The zero-order valence-corrected chi connectivity index (χ0v) is 27.0. The molecule has 0 unspecified atom stereocenters. The van der Waals surface area contributed by atoms with Gasteiger partial charge >= 0.3 is 0 Å². The van der Waals surface area contributed by atoms with Crippen LogP contribution in [0.1, 0.15) is 0 Å². The minimum absolute atomic E-state index is 0.561. The van der Waals surface area contributed by atoms with Gasteiger partial charge in [-0.25, -0.2) is 4.98 Å². The fraction of sp³-hybridized carbons (Fsp3) is 0. The first-order chi connectivity index (χ1) is 24.8. The monoisotopic (exact) mass is 639 g/mol. The normalized spacial score (nSPS) is 11.6. The van der Waals surface area contributed by atoms with Gasteiger partial charge in [-0.05, 0) is 88.0 Å². The fourth-order valence-corrected chi connectivity index (χ4v) is 7.33. The van der Waals surface area contributed by atoms with E-state index in [1.54, 1.807) is 6.20 Å². The highest BCUT2D eigenvalue weighted by atomic mass is 16.3. The molecule has 0 radical (unpaired) electrons. The highest BCUT2D eigenvalue weighted by Gasteiger charge is 2.18. The van der Waals surface area contributed by atoms with E-state index in [1.807, 2.05) is 18.2 Å². The molecule has 0 bridgehead atoms. The molecule has 0 saturated heterocycles. The average molecular weight is 640 g/mol. The molecule has 4 heteroatoms. The summed E-state index contributed by atoms with van der Waals surface area (Å²) >= 11 is 0. The first kappa shape index (κ1) is 28.3. The first-order valence-electron chi connectivity index (χ1n) is 16.8. The van der Waals surface area contributed by atoms with Gasteiger partial charge in [0.1, 0.15) is 5.52 Å². The van der Waals surface area contributed by atoms with Crippen molar-refractivity contribution in [3.8, 4) is 50.5 Å². The van der Waals surface area contributed by atoms with Gasteiger partial charge in [-0.3, -0.25) is 4.98 Å². The molecule has 0 spiro atoms. The van der Waals surface area contributed by atoms with E-state index in [0.717, 1.165) is 49.8 Å². The number of benzene rings is 7. The number of hydrogen-bond acceptors (Lipinski definition) is 3. The summed E-state index contributed by atoms with van der Waals surface area (Å²) in [6, 6.07) is 60.0. The van der Waals surface area contributed by atoms with Crippen LogP contribution >= 0.6 is 0 Å². The summed E-state index contributed by atoms with van der Waals surface area (Å²) < 4.78 is 8.86. The Balaban J connectivity index is 1.24. The molecule has 4 nitrogen and oxygen atoms in total. The van der Waals surface area contributed by atoms with E-state index in [1.165, 1.54) is 33.0 Å². The van der Waals surface area contributed by atoms with E-state index in [4.69, 9.17) is 9.40 Å². The Morgan fingerprint density at radius 2 is 1.10 bits per heavy atom. The first-order valence-corrected chi connectivity index (χ1v) is 16.8. The Morgan fingerprint density at radius 1 is 0.440 bits per heavy atom. The zero-order valence-electron chi connectivity index (χ0n) is 27.0. The molecule has 7 aromatic carbocycles. The van der Waals surface area contributed by atoms with Crippen LogP contribution in [0.25, 0.3) is 94.3 Å². The van der Waals surface area contributed by atoms with E-state index in [-0.39, 0.29) is 0 Å². The molecule has 0 saturated carbocycles. The van der Waals surface area contributed by atoms with Gasteiger partial charge in [0.25, 0.3) is 0 Å². The predicted molar refractivity (Wildman–Crippen MR) is 205 cm³/mol. The maximum Gasteiger partial charge on any atom is 0.227 e. The van der Waals surface area contributed by atoms with E-state index in [0.29, 0.717) is 11.5 Å². The van der Waals surface area contributed by atoms with Gasteiger partial charge in [0.2, 0.25) is 5.89 Å². The molecule has 0 aliphatic heterocycles. The van der Waals surface area contributed by atoms with Crippen LogP contribution in [0.3, 0.4) is 0 Å². The van der Waals surface area contributed by atoms with Crippen molar-refractivity contribution in [3.05, 3.63) is 176 Å². The second-order valence-electron chi connectivity index (χ2n) is 12.6. The Hall–Kier alpha value is -6.78. The predicted octanol–water partition coefficient (Wildman–Crippen LogP) is 12.1. The highest BCUT2D eigenvalue weighted by molar-refractivity contribution is 6.09. The molecule has 0 aliphatic carbocycles. The minimum Gasteiger partial charge on any atom is -0.436 e. The Morgan fingerprint density at radius 3 is 1.84 bits per heavy atom. The number of para-hydroxylation sites is 2. The van der Waals surface area contributed by atoms with Crippen LogP contribution in [0.2, 0.25) is 0 Å². The number of pyridine rings is 1. The van der Waals surface area contributed by atoms with Gasteiger partial charge in [-0.2, -0.15) is 0 Å². The van der Waals surface area contributed by atoms with E-state index in [2.05, 4.69) is 161 Å². The molecular weight excluding hydrogens is 611 g/mol. The lowest BCUT2D eigenvalue weighted by molar-refractivity contribution is 0.620. The van der Waals surface area contributed by atoms with Crippen LogP contribution in [0, 0.1) is 0 Å². The molecule has 0 aliphatic rings. The second-order valence-corrected chi connectivity index (χ2v) is 12.6.